The Morgan fingerprint density at radius 1 is 0.557 bits per heavy atom. The summed E-state index contributed by atoms with van der Waals surface area (Å²) in [6.45, 7) is 17.5. The molecule has 3 saturated carbocycles. The van der Waals surface area contributed by atoms with Crippen LogP contribution in [0.3, 0.4) is 0 Å². The molecule has 0 aliphatic heterocycles. The highest BCUT2D eigenvalue weighted by molar-refractivity contribution is 5.74. The second kappa shape index (κ2) is 25.1. The molecule has 6 unspecified atom stereocenters. The molecule has 31 heteroatoms. The zero-order valence-electron chi connectivity index (χ0n) is 54.2. The number of rotatable bonds is 5. The normalized spacial score (nSPS) is 23.4. The van der Waals surface area contributed by atoms with Gasteiger partial charge in [-0.25, -0.2) is 13.2 Å². The number of aromatic amines is 1. The van der Waals surface area contributed by atoms with Gasteiger partial charge in [-0.05, 0) is 172 Å². The standard InChI is InChI=1S/C12H15F3N2.C12H13F.C11H11F7N2.C11H11F5N2.C11H15F3N2.C9H6F2N2/c1-6(2)17-10-8(4-3-7-5-9(7)10)11(16-17)12(13,14)15;1-8(2)11-6-4-9-3-5-10(13)7-12(9)11;1-5(2)20-8-6(7(19-20)11(16,17)18)9(12,13)3-4-10(8,14)15;1-4(2)18-9-7(8(17-18)11(14,15)16)5-3-6(5)10(9,12)13;1-7(2)16-9-6-4-3-5-8(9)10(15-16)11(12,13)14;1-2-6-7-4-3-5(4)9(10,11)8(7)13-12-6/h6-7,9H,3-5H2,1-2H3;3,5-8H,4H2,1-2H3;5H,3-4H2,1-2H3;4-6H,3H2,1-2H3;7H,3-6H2,1-2H3;1,4-5H,3H2,(H,12,13). The largest absolute Gasteiger partial charge is 0.435 e. The van der Waals surface area contributed by atoms with Crippen LogP contribution in [-0.4, -0.2) is 49.3 Å². The third kappa shape index (κ3) is 13.6. The van der Waals surface area contributed by atoms with Crippen LogP contribution in [0, 0.1) is 41.8 Å². The third-order valence-electron chi connectivity index (χ3n) is 19.0. The van der Waals surface area contributed by atoms with Crippen molar-refractivity contribution in [3.05, 3.63) is 126 Å². The maximum Gasteiger partial charge on any atom is 0.435 e. The Morgan fingerprint density at radius 3 is 1.62 bits per heavy atom. The van der Waals surface area contributed by atoms with Gasteiger partial charge in [0.25, 0.3) is 23.7 Å². The fraction of sp³-hybridized carbons (Fsp3) is 0.621. The lowest BCUT2D eigenvalue weighted by atomic mass is 9.89. The fourth-order valence-corrected chi connectivity index (χ4v) is 14.4. The molecule has 0 bridgehead atoms. The van der Waals surface area contributed by atoms with Gasteiger partial charge in [0.2, 0.25) is 0 Å². The Morgan fingerprint density at radius 2 is 1.06 bits per heavy atom. The molecule has 5 aromatic heterocycles. The molecule has 6 atom stereocenters. The van der Waals surface area contributed by atoms with Gasteiger partial charge in [-0.1, -0.05) is 31.9 Å². The highest BCUT2D eigenvalue weighted by Gasteiger charge is 2.69. The van der Waals surface area contributed by atoms with E-state index in [2.05, 4.69) is 56.4 Å². The Bertz CT molecular complexity index is 4000. The van der Waals surface area contributed by atoms with Crippen molar-refractivity contribution < 1.29 is 92.2 Å². The number of nitrogens with zero attached hydrogens (tertiary/aromatic N) is 9. The number of allylic oxidation sites excluding steroid dienone is 2. The van der Waals surface area contributed by atoms with E-state index in [4.69, 9.17) is 6.42 Å². The second-order valence-corrected chi connectivity index (χ2v) is 27.5. The first kappa shape index (κ1) is 72.8. The summed E-state index contributed by atoms with van der Waals surface area (Å²) in [5.74, 6) is -12.2. The molecular weight excluding hydrogens is 1330 g/mol. The van der Waals surface area contributed by atoms with Crippen molar-refractivity contribution in [2.45, 2.75) is 237 Å². The lowest BCUT2D eigenvalue weighted by molar-refractivity contribution is -0.149. The van der Waals surface area contributed by atoms with Crippen molar-refractivity contribution in [2.75, 3.05) is 0 Å². The number of terminal acetylenes is 1. The van der Waals surface area contributed by atoms with Gasteiger partial charge in [0.1, 0.15) is 28.6 Å². The number of hydrogen-bond donors (Lipinski definition) is 1. The van der Waals surface area contributed by atoms with E-state index in [1.54, 1.807) is 24.6 Å². The van der Waals surface area contributed by atoms with E-state index in [1.807, 2.05) is 33.8 Å². The van der Waals surface area contributed by atoms with Crippen LogP contribution >= 0.6 is 0 Å². The van der Waals surface area contributed by atoms with Crippen molar-refractivity contribution in [1.82, 2.24) is 49.3 Å². The summed E-state index contributed by atoms with van der Waals surface area (Å²) in [5, 5.41) is 20.0. The van der Waals surface area contributed by atoms with Gasteiger partial charge in [-0.2, -0.15) is 105 Å². The number of nitrogens with one attached hydrogen (secondary N) is 1. The minimum atomic E-state index is -5.21. The molecule has 3 fully saturated rings. The van der Waals surface area contributed by atoms with Crippen molar-refractivity contribution in [3.8, 4) is 12.3 Å². The van der Waals surface area contributed by atoms with Gasteiger partial charge in [0.05, 0.1) is 5.56 Å². The summed E-state index contributed by atoms with van der Waals surface area (Å²) >= 11 is 0. The first-order valence-electron chi connectivity index (χ1n) is 32.0. The Kier molecular flexibility index (Phi) is 18.8. The van der Waals surface area contributed by atoms with Gasteiger partial charge < -0.3 is 0 Å². The van der Waals surface area contributed by atoms with Crippen LogP contribution < -0.4 is 0 Å². The average Bonchev–Trinajstić information content (AvgIpc) is 1.53. The fourth-order valence-electron chi connectivity index (χ4n) is 14.4. The van der Waals surface area contributed by atoms with Crippen LogP contribution in [0.25, 0.3) is 5.57 Å². The van der Waals surface area contributed by atoms with E-state index in [9.17, 15) is 92.2 Å². The zero-order chi connectivity index (χ0) is 71.9. The molecule has 0 spiro atoms. The first-order valence-corrected chi connectivity index (χ1v) is 32.0. The molecule has 9 aliphatic carbocycles. The summed E-state index contributed by atoms with van der Waals surface area (Å²) in [7, 11) is 0. The smallest absolute Gasteiger partial charge is 0.269 e. The molecule has 6 aromatic rings. The van der Waals surface area contributed by atoms with Crippen LogP contribution in [0.4, 0.5) is 92.2 Å². The molecule has 97 heavy (non-hydrogen) atoms. The van der Waals surface area contributed by atoms with Crippen molar-refractivity contribution in [1.29, 1.82) is 0 Å². The molecular formula is C66H71F21N10. The van der Waals surface area contributed by atoms with Crippen LogP contribution in [-0.2, 0) is 74.1 Å². The summed E-state index contributed by atoms with van der Waals surface area (Å²) in [6.07, 6.45) is -6.53. The van der Waals surface area contributed by atoms with Crippen molar-refractivity contribution >= 4 is 5.57 Å². The summed E-state index contributed by atoms with van der Waals surface area (Å²) < 4.78 is 281. The summed E-state index contributed by atoms with van der Waals surface area (Å²) in [6, 6.07) is 3.65. The number of halogens is 21. The third-order valence-corrected chi connectivity index (χ3v) is 19.0. The first-order chi connectivity index (χ1) is 44.7. The van der Waals surface area contributed by atoms with Gasteiger partial charge in [-0.3, -0.25) is 23.8 Å². The highest BCUT2D eigenvalue weighted by atomic mass is 19.4. The molecule has 9 aliphatic rings. The van der Waals surface area contributed by atoms with Gasteiger partial charge in [-0.15, -0.1) is 6.42 Å². The van der Waals surface area contributed by atoms with Crippen molar-refractivity contribution in [3.63, 3.8) is 0 Å². The van der Waals surface area contributed by atoms with E-state index in [1.165, 1.54) is 35.7 Å². The second-order valence-electron chi connectivity index (χ2n) is 27.5. The predicted octanol–water partition coefficient (Wildman–Crippen LogP) is 20.1. The van der Waals surface area contributed by atoms with E-state index in [-0.39, 0.29) is 41.5 Å². The maximum absolute atomic E-state index is 14.0. The average molecular weight is 1400 g/mol. The monoisotopic (exact) mass is 1400 g/mol. The molecule has 1 aromatic carbocycles. The summed E-state index contributed by atoms with van der Waals surface area (Å²) in [4.78, 5) is 0. The molecule has 532 valence electrons. The molecule has 0 saturated heterocycles. The van der Waals surface area contributed by atoms with Crippen LogP contribution in [0.2, 0.25) is 0 Å². The molecule has 0 radical (unpaired) electrons. The van der Waals surface area contributed by atoms with Crippen LogP contribution in [0.5, 0.6) is 0 Å². The molecule has 0 amide bonds. The molecule has 5 heterocycles. The molecule has 15 rings (SSSR count). The lowest BCUT2D eigenvalue weighted by Gasteiger charge is -2.30. The number of aromatic nitrogens is 10. The minimum absolute atomic E-state index is 0.000741. The zero-order valence-corrected chi connectivity index (χ0v) is 54.2. The van der Waals surface area contributed by atoms with Crippen LogP contribution in [0.1, 0.15) is 258 Å². The maximum atomic E-state index is 14.0. The van der Waals surface area contributed by atoms with Gasteiger partial charge >= 0.3 is 24.7 Å². The summed E-state index contributed by atoms with van der Waals surface area (Å²) in [5.41, 5.74) is -1.10. The van der Waals surface area contributed by atoms with Gasteiger partial charge in [0, 0.05) is 88.4 Å². The number of benzene rings is 1. The number of alkyl halides is 20. The topological polar surface area (TPSA) is 100.0 Å². The van der Waals surface area contributed by atoms with Crippen molar-refractivity contribution in [2.24, 2.45) is 23.7 Å². The predicted molar refractivity (Wildman–Crippen MR) is 312 cm³/mol. The minimum Gasteiger partial charge on any atom is -0.269 e. The number of fused-ring (bicyclic) bond motifs is 12. The van der Waals surface area contributed by atoms with E-state index >= 15 is 0 Å². The number of hydrogen-bond acceptors (Lipinski definition) is 5. The lowest BCUT2D eigenvalue weighted by Crippen LogP contribution is -2.33. The van der Waals surface area contributed by atoms with E-state index < -0.39 is 131 Å². The van der Waals surface area contributed by atoms with E-state index in [0.717, 1.165) is 60.2 Å². The Hall–Kier alpha value is -6.90. The molecule has 1 N–H and O–H groups in total. The molecule has 10 nitrogen and oxygen atoms in total. The Labute approximate surface area is 544 Å². The Balaban J connectivity index is 0.000000127. The SMILES string of the molecule is C#Cc1[nH]nc2c1C1CC1C2(F)F.CC(C)C1=CCc2ccc(F)cc21.CC(C)n1nc(C(F)(F)F)c2c1C(F)(F)C1CC21.CC(C)n1nc(C(F)(F)F)c2c1C(F)(F)CCC2(F)F.CC(C)n1nc(C(F)(F)F)c2c1C1CC1CC2.CC(C)n1nc(C(F)(F)F)c2c1CCCC2. The quantitative estimate of drug-likeness (QED) is 0.137. The number of H-pyrrole nitrogens is 1. The van der Waals surface area contributed by atoms with Gasteiger partial charge in [0.15, 0.2) is 22.8 Å². The van der Waals surface area contributed by atoms with Crippen LogP contribution in [0.15, 0.2) is 24.3 Å². The van der Waals surface area contributed by atoms with E-state index in [0.29, 0.717) is 64.1 Å². The highest BCUT2D eigenvalue weighted by Crippen LogP contribution is 2.69.